The molecule has 6 heteroatoms. The molecule has 19 heavy (non-hydrogen) atoms. The van der Waals surface area contributed by atoms with Gasteiger partial charge in [-0.25, -0.2) is 13.1 Å². The third-order valence-corrected chi connectivity index (χ3v) is 4.59. The van der Waals surface area contributed by atoms with Gasteiger partial charge in [0.2, 0.25) is 10.0 Å². The normalized spacial score (nSPS) is 12.0. The van der Waals surface area contributed by atoms with Crippen LogP contribution in [0.1, 0.15) is 19.4 Å². The van der Waals surface area contributed by atoms with Gasteiger partial charge in [0.15, 0.2) is 0 Å². The number of benzene rings is 1. The summed E-state index contributed by atoms with van der Waals surface area (Å²) in [4.78, 5) is 2.26. The van der Waals surface area contributed by atoms with Crippen LogP contribution < -0.4 is 10.5 Å². The second-order valence-electron chi connectivity index (χ2n) is 4.51. The zero-order valence-electron chi connectivity index (χ0n) is 11.8. The number of hydrogen-bond donors (Lipinski definition) is 2. The highest BCUT2D eigenvalue weighted by atomic mass is 32.2. The highest BCUT2D eigenvalue weighted by Crippen LogP contribution is 2.18. The van der Waals surface area contributed by atoms with Crippen LogP contribution in [0.15, 0.2) is 23.1 Å². The highest BCUT2D eigenvalue weighted by Gasteiger charge is 2.14. The van der Waals surface area contributed by atoms with E-state index >= 15 is 0 Å². The molecule has 1 aromatic carbocycles. The molecule has 0 aliphatic heterocycles. The van der Waals surface area contributed by atoms with E-state index in [9.17, 15) is 8.42 Å². The van der Waals surface area contributed by atoms with E-state index < -0.39 is 10.0 Å². The van der Waals surface area contributed by atoms with Gasteiger partial charge in [-0.3, -0.25) is 0 Å². The minimum Gasteiger partial charge on any atom is -0.398 e. The summed E-state index contributed by atoms with van der Waals surface area (Å²) in [5, 5.41) is 0. The van der Waals surface area contributed by atoms with Gasteiger partial charge < -0.3 is 10.6 Å². The summed E-state index contributed by atoms with van der Waals surface area (Å²) in [7, 11) is -1.52. The molecule has 0 radical (unpaired) electrons. The fourth-order valence-corrected chi connectivity index (χ4v) is 2.73. The predicted octanol–water partition coefficient (Wildman–Crippen LogP) is 1.06. The molecule has 0 heterocycles. The van der Waals surface area contributed by atoms with Crippen LogP contribution in [0.5, 0.6) is 0 Å². The van der Waals surface area contributed by atoms with E-state index in [1.165, 1.54) is 6.07 Å². The van der Waals surface area contributed by atoms with Gasteiger partial charge in [-0.2, -0.15) is 0 Å². The Labute approximate surface area is 115 Å². The first kappa shape index (κ1) is 15.9. The van der Waals surface area contributed by atoms with Crippen LogP contribution in [-0.2, 0) is 16.4 Å². The largest absolute Gasteiger partial charge is 0.398 e. The molecule has 5 nitrogen and oxygen atoms in total. The van der Waals surface area contributed by atoms with E-state index in [0.717, 1.165) is 18.5 Å². The minimum atomic E-state index is -3.47. The first-order valence-corrected chi connectivity index (χ1v) is 7.95. The fourth-order valence-electron chi connectivity index (χ4n) is 1.67. The third kappa shape index (κ3) is 4.49. The number of hydrogen-bond acceptors (Lipinski definition) is 4. The van der Waals surface area contributed by atoms with Crippen molar-refractivity contribution < 1.29 is 8.42 Å². The summed E-state index contributed by atoms with van der Waals surface area (Å²) < 4.78 is 26.7. The number of nitrogens with two attached hydrogens (primary N) is 1. The van der Waals surface area contributed by atoms with Crippen molar-refractivity contribution >= 4 is 15.7 Å². The number of sulfonamides is 1. The number of rotatable bonds is 7. The molecule has 1 rings (SSSR count). The molecular formula is C13H23N3O2S. The van der Waals surface area contributed by atoms with Crippen molar-refractivity contribution in [2.45, 2.75) is 25.2 Å². The summed E-state index contributed by atoms with van der Waals surface area (Å²) in [5.74, 6) is 0. The summed E-state index contributed by atoms with van der Waals surface area (Å²) >= 11 is 0. The van der Waals surface area contributed by atoms with Crippen molar-refractivity contribution in [3.63, 3.8) is 0 Å². The van der Waals surface area contributed by atoms with Gasteiger partial charge in [-0.15, -0.1) is 0 Å². The van der Waals surface area contributed by atoms with E-state index in [1.807, 2.05) is 25.8 Å². The number of nitrogens with zero attached hydrogens (tertiary/aromatic N) is 1. The Bertz CT molecular complexity index is 515. The Balaban J connectivity index is 2.75. The van der Waals surface area contributed by atoms with Crippen LogP contribution in [-0.4, -0.2) is 40.0 Å². The minimum absolute atomic E-state index is 0.223. The van der Waals surface area contributed by atoms with E-state index in [1.54, 1.807) is 12.1 Å². The van der Waals surface area contributed by atoms with Crippen LogP contribution >= 0.6 is 0 Å². The molecule has 0 spiro atoms. The number of likely N-dealkylation sites (N-methyl/N-ethyl adjacent to an activating group) is 1. The Morgan fingerprint density at radius 1 is 1.32 bits per heavy atom. The predicted molar refractivity (Wildman–Crippen MR) is 78.6 cm³/mol. The lowest BCUT2D eigenvalue weighted by Gasteiger charge is -2.14. The fraction of sp³-hybridized carbons (Fsp3) is 0.538. The van der Waals surface area contributed by atoms with Gasteiger partial charge in [0.25, 0.3) is 0 Å². The van der Waals surface area contributed by atoms with Gasteiger partial charge in [0.05, 0.1) is 4.90 Å². The molecule has 0 fully saturated rings. The molecule has 0 saturated heterocycles. The molecule has 0 saturated carbocycles. The zero-order valence-corrected chi connectivity index (χ0v) is 12.6. The van der Waals surface area contributed by atoms with Crippen LogP contribution in [0.3, 0.4) is 0 Å². The van der Waals surface area contributed by atoms with Gasteiger partial charge >= 0.3 is 0 Å². The maximum Gasteiger partial charge on any atom is 0.240 e. The average molecular weight is 285 g/mol. The molecule has 0 atom stereocenters. The molecule has 0 aliphatic carbocycles. The lowest BCUT2D eigenvalue weighted by Crippen LogP contribution is -2.32. The lowest BCUT2D eigenvalue weighted by atomic mass is 10.1. The standard InChI is InChI=1S/C13H23N3O2S/c1-4-11-6-7-12(10-13(11)14)19(17,18)15-8-9-16(3)5-2/h6-7,10,15H,4-5,8-9,14H2,1-3H3. The van der Waals surface area contributed by atoms with E-state index in [-0.39, 0.29) is 4.90 Å². The van der Waals surface area contributed by atoms with Crippen molar-refractivity contribution in [1.82, 2.24) is 9.62 Å². The summed E-state index contributed by atoms with van der Waals surface area (Å²) in [6, 6.07) is 4.88. The Morgan fingerprint density at radius 2 is 2.00 bits per heavy atom. The number of aryl methyl sites for hydroxylation is 1. The van der Waals surface area contributed by atoms with Crippen molar-refractivity contribution in [2.24, 2.45) is 0 Å². The maximum absolute atomic E-state index is 12.1. The van der Waals surface area contributed by atoms with E-state index in [0.29, 0.717) is 18.8 Å². The highest BCUT2D eigenvalue weighted by molar-refractivity contribution is 7.89. The van der Waals surface area contributed by atoms with Crippen LogP contribution in [0.25, 0.3) is 0 Å². The maximum atomic E-state index is 12.1. The molecule has 0 bridgehead atoms. The molecular weight excluding hydrogens is 262 g/mol. The SMILES string of the molecule is CCc1ccc(S(=O)(=O)NCCN(C)CC)cc1N. The van der Waals surface area contributed by atoms with E-state index in [4.69, 9.17) is 5.73 Å². The summed E-state index contributed by atoms with van der Waals surface area (Å²) in [5.41, 5.74) is 7.31. The Morgan fingerprint density at radius 3 is 2.53 bits per heavy atom. The third-order valence-electron chi connectivity index (χ3n) is 3.13. The number of nitrogen functional groups attached to an aromatic ring is 1. The molecule has 108 valence electrons. The van der Waals surface area contributed by atoms with Crippen LogP contribution in [0, 0.1) is 0 Å². The van der Waals surface area contributed by atoms with Crippen molar-refractivity contribution in [3.05, 3.63) is 23.8 Å². The van der Waals surface area contributed by atoms with Crippen molar-refractivity contribution in [2.75, 3.05) is 32.4 Å². The van der Waals surface area contributed by atoms with Gasteiger partial charge in [-0.1, -0.05) is 19.9 Å². The van der Waals surface area contributed by atoms with E-state index in [2.05, 4.69) is 4.72 Å². The molecule has 0 aromatic heterocycles. The molecule has 0 aliphatic rings. The van der Waals surface area contributed by atoms with Gasteiger partial charge in [0.1, 0.15) is 0 Å². The Hall–Kier alpha value is -1.11. The summed E-state index contributed by atoms with van der Waals surface area (Å²) in [6.07, 6.45) is 0.793. The number of anilines is 1. The first-order valence-electron chi connectivity index (χ1n) is 6.47. The first-order chi connectivity index (χ1) is 8.90. The second kappa shape index (κ2) is 6.88. The average Bonchev–Trinajstić information content (AvgIpc) is 2.38. The molecule has 0 amide bonds. The molecule has 1 aromatic rings. The zero-order chi connectivity index (χ0) is 14.5. The molecule has 3 N–H and O–H groups in total. The van der Waals surface area contributed by atoms with Crippen LogP contribution in [0.4, 0.5) is 5.69 Å². The van der Waals surface area contributed by atoms with Gasteiger partial charge in [0, 0.05) is 18.8 Å². The summed E-state index contributed by atoms with van der Waals surface area (Å²) in [6.45, 7) is 5.97. The molecule has 0 unspecified atom stereocenters. The monoisotopic (exact) mass is 285 g/mol. The van der Waals surface area contributed by atoms with Crippen LogP contribution in [0.2, 0.25) is 0 Å². The second-order valence-corrected chi connectivity index (χ2v) is 6.27. The quantitative estimate of drug-likeness (QED) is 0.735. The smallest absolute Gasteiger partial charge is 0.240 e. The van der Waals surface area contributed by atoms with Gasteiger partial charge in [-0.05, 0) is 37.7 Å². The van der Waals surface area contributed by atoms with Crippen molar-refractivity contribution in [3.8, 4) is 0 Å². The Kier molecular flexibility index (Phi) is 5.78. The number of nitrogens with one attached hydrogen (secondary N) is 1. The van der Waals surface area contributed by atoms with Crippen molar-refractivity contribution in [1.29, 1.82) is 0 Å². The lowest BCUT2D eigenvalue weighted by molar-refractivity contribution is 0.358. The topological polar surface area (TPSA) is 75.4 Å².